The first kappa shape index (κ1) is 74.6. The zero-order chi connectivity index (χ0) is 55.7. The molecule has 2 unspecified atom stereocenters. The van der Waals surface area contributed by atoms with Gasteiger partial charge >= 0.3 is 5.97 Å². The molecular weight excluding hydrogens is 947 g/mol. The highest BCUT2D eigenvalue weighted by Gasteiger charge is 2.18. The molecule has 1 amide bonds. The maximum absolute atomic E-state index is 12.5. The molecule has 0 aliphatic carbocycles. The van der Waals surface area contributed by atoms with Crippen LogP contribution >= 0.6 is 0 Å². The van der Waals surface area contributed by atoms with Crippen LogP contribution in [0.5, 0.6) is 0 Å². The summed E-state index contributed by atoms with van der Waals surface area (Å²) in [5.41, 5.74) is 0. The minimum absolute atomic E-state index is 0.00709. The minimum Gasteiger partial charge on any atom is -0.466 e. The average Bonchev–Trinajstić information content (AvgIpc) is 3.43. The van der Waals surface area contributed by atoms with E-state index in [-0.39, 0.29) is 18.5 Å². The number of aliphatic hydroxyl groups is 2. The molecule has 450 valence electrons. The number of hydrogen-bond donors (Lipinski definition) is 3. The number of rotatable bonds is 63. The van der Waals surface area contributed by atoms with Gasteiger partial charge in [-0.15, -0.1) is 0 Å². The lowest BCUT2D eigenvalue weighted by atomic mass is 10.0. The summed E-state index contributed by atoms with van der Waals surface area (Å²) in [4.78, 5) is 24.5. The van der Waals surface area contributed by atoms with Crippen LogP contribution in [0.3, 0.4) is 0 Å². The third kappa shape index (κ3) is 62.6. The number of aliphatic hydroxyl groups excluding tert-OH is 2. The van der Waals surface area contributed by atoms with Crippen molar-refractivity contribution in [2.45, 2.75) is 366 Å². The molecule has 0 saturated heterocycles. The second-order valence-electron chi connectivity index (χ2n) is 23.1. The van der Waals surface area contributed by atoms with Gasteiger partial charge in [-0.25, -0.2) is 0 Å². The van der Waals surface area contributed by atoms with Crippen LogP contribution in [0.1, 0.15) is 354 Å². The van der Waals surface area contributed by atoms with Crippen LogP contribution < -0.4 is 5.32 Å². The molecule has 0 radical (unpaired) electrons. The molecule has 0 rings (SSSR count). The van der Waals surface area contributed by atoms with E-state index in [2.05, 4.69) is 67.8 Å². The van der Waals surface area contributed by atoms with Crippen molar-refractivity contribution in [2.24, 2.45) is 0 Å². The highest BCUT2D eigenvalue weighted by Crippen LogP contribution is 2.17. The predicted octanol–water partition coefficient (Wildman–Crippen LogP) is 21.9. The molecule has 6 heteroatoms. The monoisotopic (exact) mass is 1080 g/mol. The van der Waals surface area contributed by atoms with Gasteiger partial charge in [0.05, 0.1) is 25.4 Å². The van der Waals surface area contributed by atoms with Gasteiger partial charge in [0, 0.05) is 12.8 Å². The fraction of sp³-hybridized carbons (Fsp3) is 0.831. The van der Waals surface area contributed by atoms with Crippen LogP contribution in [-0.4, -0.2) is 47.4 Å². The first-order valence-electron chi connectivity index (χ1n) is 34.1. The van der Waals surface area contributed by atoms with Crippen LogP contribution in [0, 0.1) is 0 Å². The van der Waals surface area contributed by atoms with Gasteiger partial charge in [-0.05, 0) is 89.9 Å². The molecule has 2 atom stereocenters. The van der Waals surface area contributed by atoms with E-state index in [1.54, 1.807) is 6.08 Å². The summed E-state index contributed by atoms with van der Waals surface area (Å²) in [6, 6.07) is -0.635. The van der Waals surface area contributed by atoms with Crippen LogP contribution in [0.15, 0.2) is 60.8 Å². The standard InChI is InChI=1S/C71H131NO5/c1-3-5-7-9-11-13-15-17-18-19-20-21-27-30-33-36-40-43-47-51-55-59-63-69(74)68(67-73)72-70(75)64-60-56-52-48-44-41-37-34-31-28-25-23-22-24-26-29-32-35-38-42-46-50-54-58-62-66-77-71(76)65-61-57-53-49-45-39-16-14-12-10-8-6-4-2/h8,10,14,16,23-26,59,63,68-69,73-74H,3-7,9,11-13,15,17-22,27-58,60-62,64-67H2,1-2H3,(H,72,75)/b10-8-,16-14-,25-23-,26-24-,63-59+. The SMILES string of the molecule is CCC/C=C\C/C=C\CCCCCCCC(=O)OCCCCCCCCCCC/C=C\C/C=C\CCCCCCCCCCCC(=O)NC(CO)C(O)/C=C/CCCCCCCCCCCCCCCCCCCCCC. The zero-order valence-corrected chi connectivity index (χ0v) is 51.4. The Bertz CT molecular complexity index is 1340. The van der Waals surface area contributed by atoms with Gasteiger partial charge in [-0.3, -0.25) is 9.59 Å². The molecule has 77 heavy (non-hydrogen) atoms. The van der Waals surface area contributed by atoms with Crippen LogP contribution in [-0.2, 0) is 14.3 Å². The summed E-state index contributed by atoms with van der Waals surface area (Å²) in [6.07, 6.45) is 87.1. The van der Waals surface area contributed by atoms with Crippen molar-refractivity contribution >= 4 is 11.9 Å². The Hall–Kier alpha value is -2.44. The molecule has 0 aliphatic rings. The van der Waals surface area contributed by atoms with Crippen molar-refractivity contribution in [3.05, 3.63) is 60.8 Å². The average molecular weight is 1080 g/mol. The summed E-state index contributed by atoms with van der Waals surface area (Å²) in [5.74, 6) is -0.0789. The lowest BCUT2D eigenvalue weighted by molar-refractivity contribution is -0.143. The molecule has 0 aromatic rings. The molecule has 0 aromatic heterocycles. The van der Waals surface area contributed by atoms with E-state index in [1.807, 2.05) is 6.08 Å². The largest absolute Gasteiger partial charge is 0.466 e. The number of ether oxygens (including phenoxy) is 1. The molecule has 0 heterocycles. The van der Waals surface area contributed by atoms with E-state index in [9.17, 15) is 19.8 Å². The van der Waals surface area contributed by atoms with Gasteiger partial charge in [0.15, 0.2) is 0 Å². The van der Waals surface area contributed by atoms with E-state index < -0.39 is 12.1 Å². The maximum atomic E-state index is 12.5. The maximum Gasteiger partial charge on any atom is 0.305 e. The summed E-state index contributed by atoms with van der Waals surface area (Å²) < 4.78 is 5.47. The summed E-state index contributed by atoms with van der Waals surface area (Å²) in [6.45, 7) is 4.85. The Kier molecular flexibility index (Phi) is 64.0. The van der Waals surface area contributed by atoms with Crippen LogP contribution in [0.4, 0.5) is 0 Å². The molecule has 0 bridgehead atoms. The van der Waals surface area contributed by atoms with Crippen LogP contribution in [0.25, 0.3) is 0 Å². The summed E-state index contributed by atoms with van der Waals surface area (Å²) in [5, 5.41) is 23.2. The van der Waals surface area contributed by atoms with Gasteiger partial charge in [0.1, 0.15) is 0 Å². The number of unbranched alkanes of at least 4 members (excludes halogenated alkanes) is 44. The second kappa shape index (κ2) is 66.1. The first-order chi connectivity index (χ1) is 38.0. The number of nitrogens with one attached hydrogen (secondary N) is 1. The second-order valence-corrected chi connectivity index (χ2v) is 23.1. The Labute approximate surface area is 479 Å². The lowest BCUT2D eigenvalue weighted by Gasteiger charge is -2.20. The molecule has 6 nitrogen and oxygen atoms in total. The predicted molar refractivity (Wildman–Crippen MR) is 338 cm³/mol. The number of hydrogen-bond acceptors (Lipinski definition) is 5. The van der Waals surface area contributed by atoms with Gasteiger partial charge in [-0.2, -0.15) is 0 Å². The fourth-order valence-corrected chi connectivity index (χ4v) is 10.3. The normalized spacial score (nSPS) is 12.9. The topological polar surface area (TPSA) is 95.9 Å². The Morgan fingerprint density at radius 2 is 0.675 bits per heavy atom. The van der Waals surface area contributed by atoms with Crippen molar-refractivity contribution in [1.82, 2.24) is 5.32 Å². The van der Waals surface area contributed by atoms with Gasteiger partial charge in [-0.1, -0.05) is 312 Å². The smallest absolute Gasteiger partial charge is 0.305 e. The minimum atomic E-state index is -0.851. The number of amides is 1. The third-order valence-electron chi connectivity index (χ3n) is 15.5. The molecule has 3 N–H and O–H groups in total. The third-order valence-corrected chi connectivity index (χ3v) is 15.5. The lowest BCUT2D eigenvalue weighted by Crippen LogP contribution is -2.45. The van der Waals surface area contributed by atoms with E-state index in [4.69, 9.17) is 4.74 Å². The summed E-state index contributed by atoms with van der Waals surface area (Å²) in [7, 11) is 0. The fourth-order valence-electron chi connectivity index (χ4n) is 10.3. The van der Waals surface area contributed by atoms with Crippen molar-refractivity contribution in [3.63, 3.8) is 0 Å². The number of carbonyl (C=O) groups excluding carboxylic acids is 2. The number of carbonyl (C=O) groups is 2. The van der Waals surface area contributed by atoms with Crippen molar-refractivity contribution < 1.29 is 24.5 Å². The highest BCUT2D eigenvalue weighted by atomic mass is 16.5. The van der Waals surface area contributed by atoms with Crippen molar-refractivity contribution in [3.8, 4) is 0 Å². The van der Waals surface area contributed by atoms with Crippen molar-refractivity contribution in [1.29, 1.82) is 0 Å². The first-order valence-corrected chi connectivity index (χ1v) is 34.1. The Morgan fingerprint density at radius 3 is 1.04 bits per heavy atom. The van der Waals surface area contributed by atoms with E-state index in [1.165, 1.54) is 270 Å². The zero-order valence-electron chi connectivity index (χ0n) is 51.4. The number of esters is 1. The van der Waals surface area contributed by atoms with Crippen molar-refractivity contribution in [2.75, 3.05) is 13.2 Å². The van der Waals surface area contributed by atoms with E-state index in [0.717, 1.165) is 57.8 Å². The molecular formula is C71H131NO5. The quantitative estimate of drug-likeness (QED) is 0.0320. The van der Waals surface area contributed by atoms with E-state index in [0.29, 0.717) is 19.4 Å². The molecule has 0 fully saturated rings. The van der Waals surface area contributed by atoms with Gasteiger partial charge < -0.3 is 20.3 Å². The summed E-state index contributed by atoms with van der Waals surface area (Å²) >= 11 is 0. The van der Waals surface area contributed by atoms with E-state index >= 15 is 0 Å². The van der Waals surface area contributed by atoms with Gasteiger partial charge in [0.2, 0.25) is 5.91 Å². The van der Waals surface area contributed by atoms with Gasteiger partial charge in [0.25, 0.3) is 0 Å². The number of allylic oxidation sites excluding steroid dienone is 9. The Balaban J connectivity index is 3.47. The van der Waals surface area contributed by atoms with Crippen LogP contribution in [0.2, 0.25) is 0 Å². The molecule has 0 aliphatic heterocycles. The highest BCUT2D eigenvalue weighted by molar-refractivity contribution is 5.76. The Morgan fingerprint density at radius 1 is 0.364 bits per heavy atom. The molecule has 0 saturated carbocycles. The molecule has 0 aromatic carbocycles. The molecule has 0 spiro atoms.